The van der Waals surface area contributed by atoms with E-state index in [-0.39, 0.29) is 0 Å². The molecule has 96 valence electrons. The van der Waals surface area contributed by atoms with E-state index in [1.54, 1.807) is 0 Å². The Morgan fingerprint density at radius 3 is 2.19 bits per heavy atom. The van der Waals surface area contributed by atoms with Crippen molar-refractivity contribution in [2.75, 3.05) is 19.3 Å². The first kappa shape index (κ1) is 15.2. The monoisotopic (exact) mass is 263 g/mol. The molecule has 5 nitrogen and oxygen atoms in total. The molecule has 0 spiro atoms. The molecule has 0 aliphatic heterocycles. The largest absolute Gasteiger partial charge is 0.481 e. The van der Waals surface area contributed by atoms with Crippen LogP contribution in [-0.4, -0.2) is 49.3 Å². The van der Waals surface area contributed by atoms with E-state index >= 15 is 0 Å². The van der Waals surface area contributed by atoms with Gasteiger partial charge in [-0.05, 0) is 0 Å². The van der Waals surface area contributed by atoms with Crippen LogP contribution >= 0.6 is 0 Å². The lowest BCUT2D eigenvalue weighted by atomic mass is 10.2. The fourth-order valence-corrected chi connectivity index (χ4v) is 1.98. The molecular weight excluding hydrogens is 251 g/mol. The van der Waals surface area contributed by atoms with Gasteiger partial charge >= 0.3 is 12.1 Å². The predicted octanol–water partition coefficient (Wildman–Crippen LogP) is 0.531. The number of sulfonamides is 1. The lowest BCUT2D eigenvalue weighted by Crippen LogP contribution is -2.38. The summed E-state index contributed by atoms with van der Waals surface area (Å²) in [4.78, 5) is 10.4. The lowest BCUT2D eigenvalue weighted by Gasteiger charge is -2.19. The fraction of sp³-hybridized carbons (Fsp3) is 0.857. The van der Waals surface area contributed by atoms with Gasteiger partial charge < -0.3 is 5.11 Å². The highest BCUT2D eigenvalue weighted by Crippen LogP contribution is 2.19. The van der Waals surface area contributed by atoms with Crippen molar-refractivity contribution in [3.8, 4) is 0 Å². The summed E-state index contributed by atoms with van der Waals surface area (Å²) in [5.41, 5.74) is 0. The average Bonchev–Trinajstić information content (AvgIpc) is 1.98. The van der Waals surface area contributed by atoms with Crippen LogP contribution in [0.2, 0.25) is 0 Å². The highest BCUT2D eigenvalue weighted by Gasteiger charge is 2.37. The fourth-order valence-electron chi connectivity index (χ4n) is 0.894. The third-order valence-corrected chi connectivity index (χ3v) is 3.56. The van der Waals surface area contributed by atoms with Gasteiger partial charge in [0.25, 0.3) is 0 Å². The van der Waals surface area contributed by atoms with E-state index in [9.17, 15) is 26.4 Å². The maximum absolute atomic E-state index is 11.9. The van der Waals surface area contributed by atoms with Gasteiger partial charge in [-0.3, -0.25) is 4.79 Å². The highest BCUT2D eigenvalue weighted by molar-refractivity contribution is 7.89. The van der Waals surface area contributed by atoms with Crippen LogP contribution in [0.1, 0.15) is 6.92 Å². The van der Waals surface area contributed by atoms with Gasteiger partial charge in [0, 0.05) is 13.6 Å². The standard InChI is InChI=1S/C7H12F3NO4S/c1-5(6(12)13)3-11(2)16(14,15)4-7(8,9)10/h5H,3-4H2,1-2H3,(H,12,13). The van der Waals surface area contributed by atoms with Crippen LogP contribution in [-0.2, 0) is 14.8 Å². The third kappa shape index (κ3) is 5.31. The zero-order valence-corrected chi connectivity index (χ0v) is 9.47. The van der Waals surface area contributed by atoms with Gasteiger partial charge in [-0.2, -0.15) is 13.2 Å². The normalized spacial score (nSPS) is 15.1. The SMILES string of the molecule is CC(CN(C)S(=O)(=O)CC(F)(F)F)C(=O)O. The van der Waals surface area contributed by atoms with Crippen molar-refractivity contribution in [3.05, 3.63) is 0 Å². The molecule has 0 amide bonds. The van der Waals surface area contributed by atoms with E-state index in [2.05, 4.69) is 0 Å². The number of aliphatic carboxylic acids is 1. The molecule has 0 bridgehead atoms. The van der Waals surface area contributed by atoms with Gasteiger partial charge in [0.1, 0.15) is 0 Å². The Hall–Kier alpha value is -0.830. The molecule has 0 rings (SSSR count). The van der Waals surface area contributed by atoms with Crippen LogP contribution < -0.4 is 0 Å². The molecule has 0 aliphatic rings. The van der Waals surface area contributed by atoms with Gasteiger partial charge in [0.15, 0.2) is 5.75 Å². The lowest BCUT2D eigenvalue weighted by molar-refractivity contribution is -0.141. The molecule has 0 heterocycles. The summed E-state index contributed by atoms with van der Waals surface area (Å²) < 4.78 is 58.3. The Kier molecular flexibility index (Phi) is 4.74. The number of alkyl halides is 3. The average molecular weight is 263 g/mol. The molecule has 0 saturated heterocycles. The van der Waals surface area contributed by atoms with Crippen molar-refractivity contribution in [3.63, 3.8) is 0 Å². The second-order valence-corrected chi connectivity index (χ2v) is 5.47. The van der Waals surface area contributed by atoms with E-state index in [1.807, 2.05) is 0 Å². The first-order valence-electron chi connectivity index (χ1n) is 4.19. The van der Waals surface area contributed by atoms with Crippen LogP contribution in [0, 0.1) is 5.92 Å². The minimum absolute atomic E-state index is 0.402. The summed E-state index contributed by atoms with van der Waals surface area (Å²) in [7, 11) is -3.58. The Labute approximate surface area is 90.9 Å². The summed E-state index contributed by atoms with van der Waals surface area (Å²) in [6.45, 7) is 0.718. The topological polar surface area (TPSA) is 74.7 Å². The molecule has 0 fully saturated rings. The Bertz CT molecular complexity index is 351. The van der Waals surface area contributed by atoms with Crippen LogP contribution in [0.4, 0.5) is 13.2 Å². The third-order valence-electron chi connectivity index (χ3n) is 1.77. The number of carboxylic acids is 1. The number of rotatable bonds is 5. The number of carboxylic acid groups (broad SMARTS) is 1. The molecule has 0 saturated carbocycles. The van der Waals surface area contributed by atoms with E-state index in [0.717, 1.165) is 7.05 Å². The first-order valence-corrected chi connectivity index (χ1v) is 5.80. The summed E-state index contributed by atoms with van der Waals surface area (Å²) in [6.07, 6.45) is -4.83. The van der Waals surface area contributed by atoms with E-state index in [1.165, 1.54) is 6.92 Å². The zero-order chi connectivity index (χ0) is 13.1. The molecule has 0 aromatic carbocycles. The van der Waals surface area contributed by atoms with Crippen molar-refractivity contribution in [1.82, 2.24) is 4.31 Å². The second kappa shape index (κ2) is 5.00. The number of hydrogen-bond donors (Lipinski definition) is 1. The Morgan fingerprint density at radius 1 is 1.44 bits per heavy atom. The maximum atomic E-state index is 11.9. The predicted molar refractivity (Wildman–Crippen MR) is 49.3 cm³/mol. The number of halogens is 3. The second-order valence-electron chi connectivity index (χ2n) is 3.39. The van der Waals surface area contributed by atoms with Crippen LogP contribution in [0.5, 0.6) is 0 Å². The Balaban J connectivity index is 4.60. The smallest absolute Gasteiger partial charge is 0.404 e. The zero-order valence-electron chi connectivity index (χ0n) is 8.65. The molecule has 0 aliphatic carbocycles. The van der Waals surface area contributed by atoms with E-state index in [4.69, 9.17) is 5.11 Å². The molecule has 1 atom stereocenters. The van der Waals surface area contributed by atoms with Crippen molar-refractivity contribution in [2.24, 2.45) is 5.92 Å². The van der Waals surface area contributed by atoms with Crippen molar-refractivity contribution in [1.29, 1.82) is 0 Å². The maximum Gasteiger partial charge on any atom is 0.404 e. The molecule has 1 N–H and O–H groups in total. The van der Waals surface area contributed by atoms with Gasteiger partial charge in [0.05, 0.1) is 5.92 Å². The van der Waals surface area contributed by atoms with Crippen LogP contribution in [0.3, 0.4) is 0 Å². The summed E-state index contributed by atoms with van der Waals surface area (Å²) in [6, 6.07) is 0. The summed E-state index contributed by atoms with van der Waals surface area (Å²) >= 11 is 0. The summed E-state index contributed by atoms with van der Waals surface area (Å²) in [5.74, 6) is -4.31. The van der Waals surface area contributed by atoms with Crippen molar-refractivity contribution < 1.29 is 31.5 Å². The summed E-state index contributed by atoms with van der Waals surface area (Å²) in [5, 5.41) is 8.49. The van der Waals surface area contributed by atoms with Gasteiger partial charge in [0.2, 0.25) is 10.0 Å². The number of hydrogen-bond acceptors (Lipinski definition) is 3. The van der Waals surface area contributed by atoms with Gasteiger partial charge in [-0.1, -0.05) is 6.92 Å². The number of nitrogens with zero attached hydrogens (tertiary/aromatic N) is 1. The first-order chi connectivity index (χ1) is 6.96. The van der Waals surface area contributed by atoms with E-state index in [0.29, 0.717) is 4.31 Å². The minimum atomic E-state index is -4.83. The van der Waals surface area contributed by atoms with Crippen LogP contribution in [0.15, 0.2) is 0 Å². The van der Waals surface area contributed by atoms with Crippen LogP contribution in [0.25, 0.3) is 0 Å². The quantitative estimate of drug-likeness (QED) is 0.785. The molecule has 0 radical (unpaired) electrons. The molecule has 9 heteroatoms. The van der Waals surface area contributed by atoms with Gasteiger partial charge in [-0.25, -0.2) is 12.7 Å². The molecule has 0 aromatic rings. The Morgan fingerprint density at radius 2 is 1.88 bits per heavy atom. The number of carbonyl (C=O) groups is 1. The highest BCUT2D eigenvalue weighted by atomic mass is 32.2. The van der Waals surface area contributed by atoms with E-state index < -0.39 is 40.4 Å². The molecular formula is C7H12F3NO4S. The minimum Gasteiger partial charge on any atom is -0.481 e. The molecule has 0 aromatic heterocycles. The van der Waals surface area contributed by atoms with Gasteiger partial charge in [-0.15, -0.1) is 0 Å². The molecule has 1 unspecified atom stereocenters. The van der Waals surface area contributed by atoms with Crippen molar-refractivity contribution in [2.45, 2.75) is 13.1 Å². The van der Waals surface area contributed by atoms with Crippen molar-refractivity contribution >= 4 is 16.0 Å². The molecule has 16 heavy (non-hydrogen) atoms.